The second-order valence-electron chi connectivity index (χ2n) is 9.10. The Hall–Kier alpha value is -4.66. The minimum absolute atomic E-state index is 0.369. The number of hydrogen-bond acceptors (Lipinski definition) is 9. The number of nitrogens with zero attached hydrogens (tertiary/aromatic N) is 5. The fraction of sp³-hybridized carbons (Fsp3) is 0.267. The summed E-state index contributed by atoms with van der Waals surface area (Å²) in [6.07, 6.45) is 5.19. The van der Waals surface area contributed by atoms with Gasteiger partial charge in [0.2, 0.25) is 17.8 Å². The molecule has 1 fully saturated rings. The summed E-state index contributed by atoms with van der Waals surface area (Å²) in [6, 6.07) is 25.6. The molecule has 0 bridgehead atoms. The van der Waals surface area contributed by atoms with Gasteiger partial charge in [-0.05, 0) is 67.6 Å². The molecule has 4 aromatic rings. The maximum atomic E-state index is 6.01. The summed E-state index contributed by atoms with van der Waals surface area (Å²) >= 11 is 0. The van der Waals surface area contributed by atoms with E-state index in [1.54, 1.807) is 6.21 Å². The van der Waals surface area contributed by atoms with Crippen LogP contribution in [0.4, 0.5) is 23.5 Å². The smallest absolute Gasteiger partial charge is 0.250 e. The van der Waals surface area contributed by atoms with Gasteiger partial charge in [0.05, 0.1) is 12.8 Å². The quantitative estimate of drug-likeness (QED) is 0.182. The number of nitrogens with one attached hydrogen (secondary N) is 2. The van der Waals surface area contributed by atoms with E-state index in [0.29, 0.717) is 42.6 Å². The Labute approximate surface area is 228 Å². The van der Waals surface area contributed by atoms with Gasteiger partial charge in [-0.1, -0.05) is 48.5 Å². The minimum Gasteiger partial charge on any atom is -0.490 e. The molecule has 0 spiro atoms. The highest BCUT2D eigenvalue weighted by Crippen LogP contribution is 2.29. The highest BCUT2D eigenvalue weighted by Gasteiger charge is 2.16. The van der Waals surface area contributed by atoms with E-state index >= 15 is 0 Å². The third kappa shape index (κ3) is 7.44. The average Bonchev–Trinajstić information content (AvgIpc) is 2.98. The summed E-state index contributed by atoms with van der Waals surface area (Å²) in [5.74, 6) is 2.82. The molecular weight excluding hydrogens is 490 g/mol. The zero-order valence-electron chi connectivity index (χ0n) is 22.1. The van der Waals surface area contributed by atoms with Gasteiger partial charge in [0.1, 0.15) is 6.61 Å². The van der Waals surface area contributed by atoms with Crippen molar-refractivity contribution in [3.05, 3.63) is 90.0 Å². The topological polar surface area (TPSA) is 96.8 Å². The molecule has 1 aromatic heterocycles. The SMILES string of the molecule is CCOc1cc(/C=N/Nc2nc(Nc3ccccc3)nc(N3CCCCC3)n2)ccc1OCc1ccccc1. The first-order chi connectivity index (χ1) is 19.3. The summed E-state index contributed by atoms with van der Waals surface area (Å²) < 4.78 is 11.8. The number of piperidine rings is 1. The van der Waals surface area contributed by atoms with Gasteiger partial charge in [0, 0.05) is 18.8 Å². The van der Waals surface area contributed by atoms with Crippen LogP contribution in [-0.2, 0) is 6.61 Å². The summed E-state index contributed by atoms with van der Waals surface area (Å²) in [5, 5.41) is 7.67. The van der Waals surface area contributed by atoms with E-state index in [1.165, 1.54) is 6.42 Å². The summed E-state index contributed by atoms with van der Waals surface area (Å²) in [5.41, 5.74) is 5.83. The predicted molar refractivity (Wildman–Crippen MR) is 155 cm³/mol. The summed E-state index contributed by atoms with van der Waals surface area (Å²) in [7, 11) is 0. The Balaban J connectivity index is 1.30. The second kappa shape index (κ2) is 13.2. The van der Waals surface area contributed by atoms with E-state index in [9.17, 15) is 0 Å². The number of ether oxygens (including phenoxy) is 2. The van der Waals surface area contributed by atoms with Crippen molar-refractivity contribution in [2.45, 2.75) is 32.8 Å². The van der Waals surface area contributed by atoms with E-state index < -0.39 is 0 Å². The lowest BCUT2D eigenvalue weighted by Gasteiger charge is -2.26. The monoisotopic (exact) mass is 523 g/mol. The highest BCUT2D eigenvalue weighted by atomic mass is 16.5. The Morgan fingerprint density at radius 3 is 2.33 bits per heavy atom. The van der Waals surface area contributed by atoms with Gasteiger partial charge in [0.25, 0.3) is 0 Å². The summed E-state index contributed by atoms with van der Waals surface area (Å²) in [4.78, 5) is 16.0. The predicted octanol–water partition coefficient (Wildman–Crippen LogP) is 6.03. The van der Waals surface area contributed by atoms with Gasteiger partial charge in [-0.25, -0.2) is 5.43 Å². The third-order valence-electron chi connectivity index (χ3n) is 6.18. The molecule has 5 rings (SSSR count). The number of rotatable bonds is 11. The fourth-order valence-corrected chi connectivity index (χ4v) is 4.25. The van der Waals surface area contributed by atoms with E-state index in [1.807, 2.05) is 85.8 Å². The van der Waals surface area contributed by atoms with Gasteiger partial charge in [-0.2, -0.15) is 20.1 Å². The highest BCUT2D eigenvalue weighted by molar-refractivity contribution is 5.81. The molecule has 39 heavy (non-hydrogen) atoms. The van der Waals surface area contributed by atoms with Gasteiger partial charge in [-0.15, -0.1) is 0 Å². The maximum absolute atomic E-state index is 6.01. The van der Waals surface area contributed by atoms with Crippen molar-refractivity contribution in [1.82, 2.24) is 15.0 Å². The molecule has 9 heteroatoms. The van der Waals surface area contributed by atoms with Crippen LogP contribution in [0.3, 0.4) is 0 Å². The molecular formula is C30H33N7O2. The van der Waals surface area contributed by atoms with Crippen LogP contribution in [0.25, 0.3) is 0 Å². The lowest BCUT2D eigenvalue weighted by atomic mass is 10.1. The number of hydrogen-bond donors (Lipinski definition) is 2. The molecule has 3 aromatic carbocycles. The first-order valence-electron chi connectivity index (χ1n) is 13.3. The lowest BCUT2D eigenvalue weighted by Crippen LogP contribution is -2.31. The Bertz CT molecular complexity index is 1360. The van der Waals surface area contributed by atoms with E-state index in [2.05, 4.69) is 35.7 Å². The largest absolute Gasteiger partial charge is 0.490 e. The van der Waals surface area contributed by atoms with Crippen molar-refractivity contribution < 1.29 is 9.47 Å². The molecule has 0 saturated carbocycles. The molecule has 0 atom stereocenters. The molecule has 0 amide bonds. The van der Waals surface area contributed by atoms with Gasteiger partial charge < -0.3 is 19.7 Å². The van der Waals surface area contributed by atoms with Crippen LogP contribution in [0, 0.1) is 0 Å². The summed E-state index contributed by atoms with van der Waals surface area (Å²) in [6.45, 7) is 4.80. The molecule has 200 valence electrons. The van der Waals surface area contributed by atoms with E-state index in [4.69, 9.17) is 9.47 Å². The van der Waals surface area contributed by atoms with Crippen molar-refractivity contribution in [1.29, 1.82) is 0 Å². The number of aromatic nitrogens is 3. The van der Waals surface area contributed by atoms with Crippen LogP contribution in [0.1, 0.15) is 37.3 Å². The van der Waals surface area contributed by atoms with Crippen LogP contribution in [0.2, 0.25) is 0 Å². The van der Waals surface area contributed by atoms with E-state index in [0.717, 1.165) is 42.7 Å². The van der Waals surface area contributed by atoms with Crippen molar-refractivity contribution in [2.24, 2.45) is 5.10 Å². The molecule has 0 unspecified atom stereocenters. The molecule has 1 aliphatic heterocycles. The molecule has 0 aliphatic carbocycles. The van der Waals surface area contributed by atoms with Crippen LogP contribution in [0.5, 0.6) is 11.5 Å². The maximum Gasteiger partial charge on any atom is 0.250 e. The number of para-hydroxylation sites is 1. The number of hydrazone groups is 1. The fourth-order valence-electron chi connectivity index (χ4n) is 4.25. The molecule has 9 nitrogen and oxygen atoms in total. The van der Waals surface area contributed by atoms with Gasteiger partial charge >= 0.3 is 0 Å². The number of benzene rings is 3. The first kappa shape index (κ1) is 26.0. The van der Waals surface area contributed by atoms with Crippen LogP contribution < -0.4 is 25.1 Å². The number of anilines is 4. The molecule has 2 N–H and O–H groups in total. The van der Waals surface area contributed by atoms with Crippen LogP contribution >= 0.6 is 0 Å². The van der Waals surface area contributed by atoms with Crippen molar-refractivity contribution in [2.75, 3.05) is 35.3 Å². The van der Waals surface area contributed by atoms with Gasteiger partial charge in [0.15, 0.2) is 11.5 Å². The zero-order chi connectivity index (χ0) is 26.7. The molecule has 1 aliphatic rings. The van der Waals surface area contributed by atoms with Crippen molar-refractivity contribution in [3.8, 4) is 11.5 Å². The first-order valence-corrected chi connectivity index (χ1v) is 13.3. The molecule has 2 heterocycles. The molecule has 1 saturated heterocycles. The lowest BCUT2D eigenvalue weighted by molar-refractivity contribution is 0.269. The third-order valence-corrected chi connectivity index (χ3v) is 6.18. The normalized spacial score (nSPS) is 13.3. The Morgan fingerprint density at radius 1 is 0.821 bits per heavy atom. The van der Waals surface area contributed by atoms with Crippen molar-refractivity contribution >= 4 is 29.7 Å². The average molecular weight is 524 g/mol. The van der Waals surface area contributed by atoms with Crippen LogP contribution in [0.15, 0.2) is 84.0 Å². The second-order valence-corrected chi connectivity index (χ2v) is 9.10. The minimum atomic E-state index is 0.369. The molecule has 0 radical (unpaired) electrons. The Morgan fingerprint density at radius 2 is 1.56 bits per heavy atom. The van der Waals surface area contributed by atoms with Crippen LogP contribution in [-0.4, -0.2) is 40.9 Å². The standard InChI is InChI=1S/C30H33N7O2/c1-2-38-27-20-24(16-17-26(27)39-22-23-12-6-3-7-13-23)21-31-36-29-33-28(32-25-14-8-4-9-15-25)34-30(35-29)37-18-10-5-11-19-37/h3-4,6-9,12-17,20-21H,2,5,10-11,18-19,22H2,1H3,(H2,32,33,34,35,36)/b31-21+. The van der Waals surface area contributed by atoms with Gasteiger partial charge in [-0.3, -0.25) is 0 Å². The Kier molecular flexibility index (Phi) is 8.81. The van der Waals surface area contributed by atoms with E-state index in [-0.39, 0.29) is 0 Å². The van der Waals surface area contributed by atoms with Crippen molar-refractivity contribution in [3.63, 3.8) is 0 Å². The zero-order valence-corrected chi connectivity index (χ0v) is 22.1.